The maximum absolute atomic E-state index is 12.6. The molecule has 0 bridgehead atoms. The van der Waals surface area contributed by atoms with Crippen LogP contribution in [-0.4, -0.2) is 36.8 Å². The molecule has 1 aromatic heterocycles. The van der Waals surface area contributed by atoms with E-state index in [-0.39, 0.29) is 22.8 Å². The van der Waals surface area contributed by atoms with E-state index in [1.165, 1.54) is 13.3 Å². The topological polar surface area (TPSA) is 86.2 Å². The van der Waals surface area contributed by atoms with E-state index in [1.54, 1.807) is 0 Å². The SMILES string of the molecule is COc1ncc2c(n1)C(=O)c1cc(S(=O)(=O)C(F)(F)F)ccc1-2. The van der Waals surface area contributed by atoms with Crippen LogP contribution in [0.4, 0.5) is 13.2 Å². The van der Waals surface area contributed by atoms with Gasteiger partial charge in [-0.2, -0.15) is 18.2 Å². The maximum atomic E-state index is 12.6. The number of halogens is 3. The zero-order chi connectivity index (χ0) is 17.0. The summed E-state index contributed by atoms with van der Waals surface area (Å²) in [5.41, 5.74) is -5.09. The Kier molecular flexibility index (Phi) is 3.18. The standard InChI is InChI=1S/C13H7F3N2O4S/c1-22-12-17-5-9-7-3-2-6(23(20,21)13(14,15)16)4-8(7)11(19)10(9)18-12/h2-5H,1H3. The number of carbonyl (C=O) groups is 1. The van der Waals surface area contributed by atoms with E-state index in [9.17, 15) is 26.4 Å². The van der Waals surface area contributed by atoms with Gasteiger partial charge < -0.3 is 4.74 Å². The number of methoxy groups -OCH3 is 1. The average molecular weight is 344 g/mol. The Hall–Kier alpha value is -2.49. The normalized spacial score (nSPS) is 13.7. The number of ketones is 1. The molecule has 1 aliphatic rings. The van der Waals surface area contributed by atoms with E-state index in [4.69, 9.17) is 4.74 Å². The molecule has 0 amide bonds. The molecule has 0 saturated heterocycles. The van der Waals surface area contributed by atoms with Gasteiger partial charge in [-0.05, 0) is 17.7 Å². The molecule has 10 heteroatoms. The number of aromatic nitrogens is 2. The van der Waals surface area contributed by atoms with Crippen molar-refractivity contribution in [1.29, 1.82) is 0 Å². The number of benzene rings is 1. The van der Waals surface area contributed by atoms with E-state index >= 15 is 0 Å². The second-order valence-electron chi connectivity index (χ2n) is 4.60. The van der Waals surface area contributed by atoms with E-state index in [2.05, 4.69) is 9.97 Å². The second kappa shape index (κ2) is 4.75. The molecule has 0 atom stereocenters. The third-order valence-electron chi connectivity index (χ3n) is 3.31. The van der Waals surface area contributed by atoms with E-state index in [0.717, 1.165) is 12.1 Å². The fourth-order valence-corrected chi connectivity index (χ4v) is 3.00. The fraction of sp³-hybridized carbons (Fsp3) is 0.154. The molecule has 3 rings (SSSR count). The number of alkyl halides is 3. The minimum absolute atomic E-state index is 0.0478. The minimum Gasteiger partial charge on any atom is -0.467 e. The van der Waals surface area contributed by atoms with Crippen molar-refractivity contribution in [3.63, 3.8) is 0 Å². The smallest absolute Gasteiger partial charge is 0.467 e. The summed E-state index contributed by atoms with van der Waals surface area (Å²) < 4.78 is 65.5. The first-order valence-corrected chi connectivity index (χ1v) is 7.56. The number of carbonyl (C=O) groups excluding carboxylic acids is 1. The molecule has 1 aromatic carbocycles. The summed E-state index contributed by atoms with van der Waals surface area (Å²) in [5, 5.41) is 0. The molecule has 0 N–H and O–H groups in total. The van der Waals surface area contributed by atoms with Crippen LogP contribution in [0.5, 0.6) is 6.01 Å². The highest BCUT2D eigenvalue weighted by Crippen LogP contribution is 2.39. The number of sulfone groups is 1. The van der Waals surface area contributed by atoms with Gasteiger partial charge in [0.1, 0.15) is 5.69 Å². The molecule has 0 spiro atoms. The number of hydrogen-bond donors (Lipinski definition) is 0. The summed E-state index contributed by atoms with van der Waals surface area (Å²) in [6, 6.07) is 2.56. The van der Waals surface area contributed by atoms with Gasteiger partial charge in [0.25, 0.3) is 9.84 Å². The first kappa shape index (κ1) is 15.4. The summed E-state index contributed by atoms with van der Waals surface area (Å²) in [4.78, 5) is 18.9. The average Bonchev–Trinajstić information content (AvgIpc) is 2.78. The van der Waals surface area contributed by atoms with Crippen molar-refractivity contribution in [2.24, 2.45) is 0 Å². The van der Waals surface area contributed by atoms with Crippen LogP contribution in [0.15, 0.2) is 29.3 Å². The number of nitrogens with zero attached hydrogens (tertiary/aromatic N) is 2. The van der Waals surface area contributed by atoms with E-state index < -0.39 is 26.0 Å². The van der Waals surface area contributed by atoms with Crippen LogP contribution in [-0.2, 0) is 9.84 Å². The molecule has 120 valence electrons. The van der Waals surface area contributed by atoms with Gasteiger partial charge in [-0.3, -0.25) is 4.79 Å². The third-order valence-corrected chi connectivity index (χ3v) is 4.79. The molecule has 1 heterocycles. The molecule has 0 radical (unpaired) electrons. The number of fused-ring (bicyclic) bond motifs is 3. The molecule has 0 unspecified atom stereocenters. The van der Waals surface area contributed by atoms with Gasteiger partial charge in [0.05, 0.1) is 12.0 Å². The molecular formula is C13H7F3N2O4S. The molecule has 0 saturated carbocycles. The summed E-state index contributed by atoms with van der Waals surface area (Å²) in [6.45, 7) is 0. The summed E-state index contributed by atoms with van der Waals surface area (Å²) >= 11 is 0. The summed E-state index contributed by atoms with van der Waals surface area (Å²) in [7, 11) is -4.24. The fourth-order valence-electron chi connectivity index (χ4n) is 2.21. The van der Waals surface area contributed by atoms with Gasteiger partial charge >= 0.3 is 11.5 Å². The lowest BCUT2D eigenvalue weighted by atomic mass is 10.1. The van der Waals surface area contributed by atoms with Gasteiger partial charge in [-0.25, -0.2) is 13.4 Å². The van der Waals surface area contributed by atoms with Crippen LogP contribution in [0.2, 0.25) is 0 Å². The van der Waals surface area contributed by atoms with E-state index in [0.29, 0.717) is 11.6 Å². The minimum atomic E-state index is -5.53. The van der Waals surface area contributed by atoms with Gasteiger partial charge in [0.2, 0.25) is 5.78 Å². The lowest BCUT2D eigenvalue weighted by Gasteiger charge is -2.09. The monoisotopic (exact) mass is 344 g/mol. The van der Waals surface area contributed by atoms with Crippen molar-refractivity contribution in [2.75, 3.05) is 7.11 Å². The second-order valence-corrected chi connectivity index (χ2v) is 6.55. The first-order valence-electron chi connectivity index (χ1n) is 6.08. The van der Waals surface area contributed by atoms with Crippen LogP contribution in [0, 0.1) is 0 Å². The summed E-state index contributed by atoms with van der Waals surface area (Å²) in [6.07, 6.45) is 1.29. The Bertz CT molecular complexity index is 939. The maximum Gasteiger partial charge on any atom is 0.501 e. The van der Waals surface area contributed by atoms with Crippen LogP contribution >= 0.6 is 0 Å². The highest BCUT2D eigenvalue weighted by Gasteiger charge is 2.47. The van der Waals surface area contributed by atoms with Crippen molar-refractivity contribution in [3.05, 3.63) is 35.7 Å². The first-order chi connectivity index (χ1) is 10.7. The molecule has 6 nitrogen and oxygen atoms in total. The predicted molar refractivity (Wildman–Crippen MR) is 70.7 cm³/mol. The van der Waals surface area contributed by atoms with E-state index in [1.807, 2.05) is 0 Å². The predicted octanol–water partition coefficient (Wildman–Crippen LogP) is 1.99. The zero-order valence-corrected chi connectivity index (χ0v) is 12.2. The Morgan fingerprint density at radius 2 is 1.83 bits per heavy atom. The van der Waals surface area contributed by atoms with Gasteiger partial charge in [0, 0.05) is 17.3 Å². The quantitative estimate of drug-likeness (QED) is 0.707. The third kappa shape index (κ3) is 2.17. The highest BCUT2D eigenvalue weighted by molar-refractivity contribution is 7.92. The number of ether oxygens (including phenoxy) is 1. The summed E-state index contributed by atoms with van der Waals surface area (Å²) in [5.74, 6) is -0.685. The molecule has 1 aliphatic carbocycles. The van der Waals surface area contributed by atoms with Gasteiger partial charge in [-0.1, -0.05) is 6.07 Å². The molecule has 2 aromatic rings. The van der Waals surface area contributed by atoms with Crippen molar-refractivity contribution >= 4 is 15.6 Å². The lowest BCUT2D eigenvalue weighted by molar-refractivity contribution is -0.0436. The Labute approximate surface area is 127 Å². The van der Waals surface area contributed by atoms with Crippen LogP contribution < -0.4 is 4.74 Å². The van der Waals surface area contributed by atoms with Crippen LogP contribution in [0.25, 0.3) is 11.1 Å². The van der Waals surface area contributed by atoms with Crippen molar-refractivity contribution in [1.82, 2.24) is 9.97 Å². The van der Waals surface area contributed by atoms with Crippen LogP contribution in [0.3, 0.4) is 0 Å². The van der Waals surface area contributed by atoms with Crippen molar-refractivity contribution in [2.45, 2.75) is 10.4 Å². The molecule has 0 aliphatic heterocycles. The largest absolute Gasteiger partial charge is 0.501 e. The number of rotatable bonds is 2. The van der Waals surface area contributed by atoms with Gasteiger partial charge in [0.15, 0.2) is 0 Å². The van der Waals surface area contributed by atoms with Crippen LogP contribution in [0.1, 0.15) is 16.1 Å². The molecule has 23 heavy (non-hydrogen) atoms. The number of hydrogen-bond acceptors (Lipinski definition) is 6. The lowest BCUT2D eigenvalue weighted by Crippen LogP contribution is -2.23. The molecular weight excluding hydrogens is 337 g/mol. The molecule has 0 fully saturated rings. The van der Waals surface area contributed by atoms with Gasteiger partial charge in [-0.15, -0.1) is 0 Å². The Morgan fingerprint density at radius 3 is 2.43 bits per heavy atom. The Balaban J connectivity index is 2.17. The zero-order valence-electron chi connectivity index (χ0n) is 11.4. The highest BCUT2D eigenvalue weighted by atomic mass is 32.2. The van der Waals surface area contributed by atoms with Crippen molar-refractivity contribution in [3.8, 4) is 17.1 Å². The Morgan fingerprint density at radius 1 is 1.13 bits per heavy atom. The van der Waals surface area contributed by atoms with Crippen molar-refractivity contribution < 1.29 is 31.1 Å².